The van der Waals surface area contributed by atoms with Crippen molar-refractivity contribution in [2.75, 3.05) is 25.5 Å². The van der Waals surface area contributed by atoms with Gasteiger partial charge in [-0.1, -0.05) is 48.5 Å². The molecule has 0 aromatic heterocycles. The van der Waals surface area contributed by atoms with Gasteiger partial charge in [0.2, 0.25) is 0 Å². The number of anilines is 1. The number of carbonyl (C=O) groups is 2. The van der Waals surface area contributed by atoms with Gasteiger partial charge in [-0.05, 0) is 36.9 Å². The fourth-order valence-corrected chi connectivity index (χ4v) is 6.15. The number of likely N-dealkylation sites (N-methyl/N-ethyl adjacent to an activating group) is 1. The van der Waals surface area contributed by atoms with Crippen molar-refractivity contribution in [3.63, 3.8) is 0 Å². The lowest BCUT2D eigenvalue weighted by molar-refractivity contribution is -0.131. The van der Waals surface area contributed by atoms with E-state index in [1.165, 1.54) is 6.07 Å². The zero-order valence-electron chi connectivity index (χ0n) is 17.5. The first kappa shape index (κ1) is 19.2. The molecule has 1 fully saturated rings. The molecule has 5 nitrogen and oxygen atoms in total. The van der Waals surface area contributed by atoms with Gasteiger partial charge in [-0.3, -0.25) is 14.5 Å². The van der Waals surface area contributed by atoms with Crippen LogP contribution in [-0.2, 0) is 10.3 Å². The summed E-state index contributed by atoms with van der Waals surface area (Å²) < 4.78 is 21.3. The number of likely N-dealkylation sites (tertiary alicyclic amines) is 1. The fourth-order valence-electron chi connectivity index (χ4n) is 6.15. The summed E-state index contributed by atoms with van der Waals surface area (Å²) in [7, 11) is 1.83. The minimum absolute atomic E-state index is 0.0199. The number of fused-ring (bicyclic) bond motifs is 4. The van der Waals surface area contributed by atoms with Gasteiger partial charge >= 0.3 is 0 Å². The number of Topliss-reactive ketones (excluding diaryl/α,β-unsaturated/α-hetero) is 1. The minimum atomic E-state index is -1.34. The molecule has 3 aliphatic rings. The van der Waals surface area contributed by atoms with Crippen molar-refractivity contribution < 1.29 is 18.7 Å². The smallest absolute Gasteiger partial charge is 0.250 e. The van der Waals surface area contributed by atoms with Gasteiger partial charge in [-0.2, -0.15) is 0 Å². The molecule has 1 amide bonds. The van der Waals surface area contributed by atoms with Gasteiger partial charge in [0.15, 0.2) is 5.78 Å². The number of ether oxygens (including phenoxy) is 1. The average Bonchev–Trinajstić information content (AvgIpc) is 3.25. The zero-order valence-corrected chi connectivity index (χ0v) is 17.5. The topological polar surface area (TPSA) is 58.6 Å². The van der Waals surface area contributed by atoms with Gasteiger partial charge < -0.3 is 10.1 Å². The fraction of sp³-hybridized carbons (Fsp3) is 0.231. The Labute approximate surface area is 184 Å². The number of hydrogen-bond donors (Lipinski definition) is 1. The third-order valence-electron chi connectivity index (χ3n) is 7.44. The predicted molar refractivity (Wildman–Crippen MR) is 117 cm³/mol. The number of nitrogens with one attached hydrogen (secondary N) is 1. The summed E-state index contributed by atoms with van der Waals surface area (Å²) in [6.07, 6.45) is 0. The van der Waals surface area contributed by atoms with E-state index in [0.29, 0.717) is 29.1 Å². The highest BCUT2D eigenvalue weighted by Crippen LogP contribution is 2.64. The predicted octanol–water partition coefficient (Wildman–Crippen LogP) is 3.96. The summed E-state index contributed by atoms with van der Waals surface area (Å²) in [6, 6.07) is 21.0. The Balaban J connectivity index is 1.69. The van der Waals surface area contributed by atoms with Crippen LogP contribution in [-0.4, -0.2) is 36.8 Å². The lowest BCUT2D eigenvalue weighted by atomic mass is 9.57. The molecule has 0 bridgehead atoms. The van der Waals surface area contributed by atoms with Crippen LogP contribution in [0.2, 0.25) is 0 Å². The van der Waals surface area contributed by atoms with Crippen LogP contribution in [0.1, 0.15) is 27.4 Å². The maximum absolute atomic E-state index is 15.1. The molecule has 3 aromatic carbocycles. The van der Waals surface area contributed by atoms with Crippen molar-refractivity contribution in [2.45, 2.75) is 11.5 Å². The van der Waals surface area contributed by atoms with Crippen LogP contribution in [0.4, 0.5) is 10.1 Å². The second-order valence-corrected chi connectivity index (χ2v) is 8.75. The second kappa shape index (κ2) is 6.50. The molecule has 0 aliphatic carbocycles. The number of nitrogens with zero attached hydrogens (tertiary/aromatic N) is 1. The Hall–Kier alpha value is -3.51. The van der Waals surface area contributed by atoms with Crippen molar-refractivity contribution >= 4 is 17.4 Å². The summed E-state index contributed by atoms with van der Waals surface area (Å²) in [4.78, 5) is 30.1. The number of amides is 1. The van der Waals surface area contributed by atoms with Gasteiger partial charge in [0.25, 0.3) is 5.91 Å². The van der Waals surface area contributed by atoms with Crippen molar-refractivity contribution in [1.29, 1.82) is 0 Å². The van der Waals surface area contributed by atoms with Gasteiger partial charge in [-0.15, -0.1) is 0 Å². The Morgan fingerprint density at radius 3 is 2.56 bits per heavy atom. The molecule has 0 radical (unpaired) electrons. The highest BCUT2D eigenvalue weighted by atomic mass is 19.1. The number of rotatable bonds is 1. The quantitative estimate of drug-likeness (QED) is 0.637. The minimum Gasteiger partial charge on any atom is -0.492 e. The Kier molecular flexibility index (Phi) is 3.90. The first-order chi connectivity index (χ1) is 15.5. The molecule has 6 heteroatoms. The maximum Gasteiger partial charge on any atom is 0.250 e. The van der Waals surface area contributed by atoms with E-state index >= 15 is 4.39 Å². The van der Waals surface area contributed by atoms with Crippen LogP contribution in [0, 0.1) is 11.2 Å². The summed E-state index contributed by atoms with van der Waals surface area (Å²) in [5.74, 6) is -0.945. The van der Waals surface area contributed by atoms with Crippen molar-refractivity contribution in [2.24, 2.45) is 5.41 Å². The number of benzene rings is 3. The first-order valence-electron chi connectivity index (χ1n) is 10.6. The van der Waals surface area contributed by atoms with E-state index in [9.17, 15) is 9.59 Å². The van der Waals surface area contributed by atoms with Gasteiger partial charge in [0, 0.05) is 23.7 Å². The Morgan fingerprint density at radius 2 is 1.72 bits per heavy atom. The SMILES string of the molecule is CN1CC(c2ccccc2F)C2(COc3ccccc3C2=O)C12C(=O)Nc1ccccc12. The van der Waals surface area contributed by atoms with Gasteiger partial charge in [0.1, 0.15) is 29.1 Å². The van der Waals surface area contributed by atoms with Crippen molar-refractivity contribution in [1.82, 2.24) is 4.90 Å². The van der Waals surface area contributed by atoms with Crippen LogP contribution in [0.15, 0.2) is 72.8 Å². The Bertz CT molecular complexity index is 1290. The molecule has 3 aliphatic heterocycles. The van der Waals surface area contributed by atoms with E-state index in [4.69, 9.17) is 4.74 Å². The molecule has 0 saturated carbocycles. The molecule has 1 saturated heterocycles. The molecule has 3 heterocycles. The highest BCUT2D eigenvalue weighted by Gasteiger charge is 2.75. The third kappa shape index (κ3) is 2.10. The van der Waals surface area contributed by atoms with Crippen molar-refractivity contribution in [3.8, 4) is 5.75 Å². The van der Waals surface area contributed by atoms with Crippen LogP contribution < -0.4 is 10.1 Å². The molecule has 3 unspecified atom stereocenters. The van der Waals surface area contributed by atoms with Gasteiger partial charge in [0.05, 0.1) is 5.56 Å². The molecule has 32 heavy (non-hydrogen) atoms. The first-order valence-corrected chi connectivity index (χ1v) is 10.6. The molecule has 3 aromatic rings. The number of para-hydroxylation sites is 2. The van der Waals surface area contributed by atoms with Crippen molar-refractivity contribution in [3.05, 3.63) is 95.3 Å². The van der Waals surface area contributed by atoms with E-state index in [1.807, 2.05) is 42.3 Å². The molecule has 2 spiro atoms. The molecule has 1 N–H and O–H groups in total. The van der Waals surface area contributed by atoms with Gasteiger partial charge in [-0.25, -0.2) is 4.39 Å². The number of ketones is 1. The molecule has 3 atom stereocenters. The van der Waals surface area contributed by atoms with E-state index < -0.39 is 16.9 Å². The molecule has 160 valence electrons. The molecular formula is C26H21FN2O3. The van der Waals surface area contributed by atoms with E-state index in [0.717, 1.165) is 5.56 Å². The summed E-state index contributed by atoms with van der Waals surface area (Å²) in [5.41, 5.74) is -0.417. The van der Waals surface area contributed by atoms with Crippen LogP contribution >= 0.6 is 0 Å². The highest BCUT2D eigenvalue weighted by molar-refractivity contribution is 6.15. The number of hydrogen-bond acceptors (Lipinski definition) is 4. The molecular weight excluding hydrogens is 407 g/mol. The lowest BCUT2D eigenvalue weighted by Gasteiger charge is -2.47. The van der Waals surface area contributed by atoms with E-state index in [2.05, 4.69) is 5.32 Å². The lowest BCUT2D eigenvalue weighted by Crippen LogP contribution is -2.62. The van der Waals surface area contributed by atoms with E-state index in [1.54, 1.807) is 36.4 Å². The summed E-state index contributed by atoms with van der Waals surface area (Å²) in [5, 5.41) is 2.98. The standard InChI is InChI=1S/C26H21FN2O3/c1-29-14-19(16-8-2-5-11-20(16)27)25(15-32-22-13-7-3-9-17(22)23(25)30)26(29)18-10-4-6-12-21(18)28-24(26)31/h2-13,19H,14-15H2,1H3,(H,28,31). The molecule has 6 rings (SSSR count). The number of carbonyl (C=O) groups excluding carboxylic acids is 2. The normalized spacial score (nSPS) is 28.5. The summed E-state index contributed by atoms with van der Waals surface area (Å²) in [6.45, 7) is 0.313. The Morgan fingerprint density at radius 1 is 1.00 bits per heavy atom. The maximum atomic E-state index is 15.1. The summed E-state index contributed by atoms with van der Waals surface area (Å²) >= 11 is 0. The average molecular weight is 428 g/mol. The van der Waals surface area contributed by atoms with Crippen LogP contribution in [0.5, 0.6) is 5.75 Å². The second-order valence-electron chi connectivity index (χ2n) is 8.75. The monoisotopic (exact) mass is 428 g/mol. The zero-order chi connectivity index (χ0) is 22.1. The van der Waals surface area contributed by atoms with E-state index in [-0.39, 0.29) is 24.1 Å². The van der Waals surface area contributed by atoms with Crippen LogP contribution in [0.3, 0.4) is 0 Å². The third-order valence-corrected chi connectivity index (χ3v) is 7.44. The number of halogens is 1. The van der Waals surface area contributed by atoms with Crippen LogP contribution in [0.25, 0.3) is 0 Å². The largest absolute Gasteiger partial charge is 0.492 e.